The van der Waals surface area contributed by atoms with Crippen LogP contribution in [-0.4, -0.2) is 38.8 Å². The Kier molecular flexibility index (Phi) is 5.31. The van der Waals surface area contributed by atoms with Gasteiger partial charge in [0, 0.05) is 24.7 Å². The third-order valence-corrected chi connectivity index (χ3v) is 5.29. The number of rotatable bonds is 4. The number of nitrogens with zero attached hydrogens (tertiary/aromatic N) is 5. The second kappa shape index (κ2) is 7.92. The molecule has 1 aliphatic heterocycles. The Balaban J connectivity index is 1.42. The summed E-state index contributed by atoms with van der Waals surface area (Å²) in [7, 11) is 0. The molecule has 4 rings (SSSR count). The number of halogens is 3. The van der Waals surface area contributed by atoms with Gasteiger partial charge in [0.2, 0.25) is 5.91 Å². The summed E-state index contributed by atoms with van der Waals surface area (Å²) in [6.07, 6.45) is -2.56. The van der Waals surface area contributed by atoms with E-state index in [9.17, 15) is 18.0 Å². The fraction of sp³-hybridized carbons (Fsp3) is 0.400. The summed E-state index contributed by atoms with van der Waals surface area (Å²) in [5.74, 6) is -0.939. The fourth-order valence-electron chi connectivity index (χ4n) is 3.61. The molecule has 0 saturated carbocycles. The number of hydrogen-bond donors (Lipinski definition) is 1. The van der Waals surface area contributed by atoms with Gasteiger partial charge in [0.15, 0.2) is 5.65 Å². The maximum absolute atomic E-state index is 13.1. The number of aryl methyl sites for hydroxylation is 1. The molecule has 0 unspecified atom stereocenters. The van der Waals surface area contributed by atoms with Crippen molar-refractivity contribution in [3.63, 3.8) is 0 Å². The van der Waals surface area contributed by atoms with E-state index in [4.69, 9.17) is 0 Å². The summed E-state index contributed by atoms with van der Waals surface area (Å²) >= 11 is 0. The molecule has 1 aliphatic rings. The first-order valence-electron chi connectivity index (χ1n) is 9.79. The van der Waals surface area contributed by atoms with Gasteiger partial charge in [-0.1, -0.05) is 19.1 Å². The van der Waals surface area contributed by atoms with Crippen molar-refractivity contribution in [1.82, 2.24) is 19.8 Å². The first kappa shape index (κ1) is 20.1. The zero-order chi connectivity index (χ0) is 21.3. The molecule has 2 aromatic heterocycles. The lowest BCUT2D eigenvalue weighted by Gasteiger charge is -2.32. The fourth-order valence-corrected chi connectivity index (χ4v) is 3.61. The average Bonchev–Trinajstić information content (AvgIpc) is 3.18. The van der Waals surface area contributed by atoms with Gasteiger partial charge < -0.3 is 10.2 Å². The molecule has 158 valence electrons. The predicted molar refractivity (Wildman–Crippen MR) is 105 cm³/mol. The number of amides is 1. The van der Waals surface area contributed by atoms with E-state index >= 15 is 0 Å². The Morgan fingerprint density at radius 3 is 2.63 bits per heavy atom. The maximum atomic E-state index is 13.1. The van der Waals surface area contributed by atoms with Crippen LogP contribution in [0.4, 0.5) is 24.7 Å². The first-order chi connectivity index (χ1) is 14.3. The lowest BCUT2D eigenvalue weighted by Crippen LogP contribution is -2.38. The van der Waals surface area contributed by atoms with E-state index in [1.54, 1.807) is 6.07 Å². The molecule has 1 N–H and O–H groups in total. The highest BCUT2D eigenvalue weighted by molar-refractivity contribution is 5.92. The Morgan fingerprint density at radius 2 is 1.93 bits per heavy atom. The van der Waals surface area contributed by atoms with Gasteiger partial charge in [0.25, 0.3) is 5.82 Å². The van der Waals surface area contributed by atoms with Gasteiger partial charge in [-0.2, -0.15) is 17.7 Å². The number of alkyl halides is 3. The number of fused-ring (bicyclic) bond motifs is 1. The second-order valence-corrected chi connectivity index (χ2v) is 7.29. The highest BCUT2D eigenvalue weighted by Gasteiger charge is 2.38. The number of piperidine rings is 1. The van der Waals surface area contributed by atoms with Crippen molar-refractivity contribution in [2.75, 3.05) is 23.3 Å². The van der Waals surface area contributed by atoms with Crippen LogP contribution in [0.2, 0.25) is 0 Å². The molecule has 3 aromatic rings. The Bertz CT molecular complexity index is 1060. The van der Waals surface area contributed by atoms with Crippen LogP contribution in [0.5, 0.6) is 0 Å². The third kappa shape index (κ3) is 4.07. The topological polar surface area (TPSA) is 75.4 Å². The third-order valence-electron chi connectivity index (χ3n) is 5.29. The molecule has 30 heavy (non-hydrogen) atoms. The van der Waals surface area contributed by atoms with E-state index in [1.807, 2.05) is 29.2 Å². The van der Waals surface area contributed by atoms with Crippen molar-refractivity contribution in [3.05, 3.63) is 47.8 Å². The molecular weight excluding hydrogens is 397 g/mol. The molecule has 3 heterocycles. The molecule has 0 bridgehead atoms. The summed E-state index contributed by atoms with van der Waals surface area (Å²) in [5, 5.41) is 13.8. The van der Waals surface area contributed by atoms with Crippen LogP contribution in [-0.2, 0) is 17.4 Å². The Morgan fingerprint density at radius 1 is 1.17 bits per heavy atom. The molecule has 7 nitrogen and oxygen atoms in total. The van der Waals surface area contributed by atoms with E-state index < -0.39 is 12.0 Å². The van der Waals surface area contributed by atoms with Crippen molar-refractivity contribution in [2.24, 2.45) is 5.92 Å². The number of hydrogen-bond acceptors (Lipinski definition) is 5. The van der Waals surface area contributed by atoms with Gasteiger partial charge in [-0.25, -0.2) is 0 Å². The lowest BCUT2D eigenvalue weighted by molar-refractivity contribution is -0.146. The number of nitrogens with one attached hydrogen (secondary N) is 1. The molecule has 1 fully saturated rings. The number of anilines is 2. The summed E-state index contributed by atoms with van der Waals surface area (Å²) in [5.41, 5.74) is 1.96. The summed E-state index contributed by atoms with van der Waals surface area (Å²) in [4.78, 5) is 14.5. The molecule has 1 saturated heterocycles. The Hall–Kier alpha value is -3.17. The number of carbonyl (C=O) groups is 1. The summed E-state index contributed by atoms with van der Waals surface area (Å²) in [6, 6.07) is 10.8. The average molecular weight is 418 g/mol. The Labute approximate surface area is 170 Å². The minimum Gasteiger partial charge on any atom is -0.355 e. The smallest absolute Gasteiger partial charge is 0.355 e. The standard InChI is InChI=1S/C20H21F3N6O/c1-2-13-4-3-5-15(12-13)24-18(30)14-8-10-28(11-9-14)17-7-6-16-25-26-19(20(21,22)23)29(16)27-17/h3-7,12,14H,2,8-11H2,1H3,(H,24,30). The van der Waals surface area contributed by atoms with Crippen LogP contribution < -0.4 is 10.2 Å². The van der Waals surface area contributed by atoms with Crippen LogP contribution in [0, 0.1) is 5.92 Å². The summed E-state index contributed by atoms with van der Waals surface area (Å²) < 4.78 is 39.9. The van der Waals surface area contributed by atoms with Crippen molar-refractivity contribution >= 4 is 23.1 Å². The van der Waals surface area contributed by atoms with E-state index in [0.717, 1.165) is 22.2 Å². The van der Waals surface area contributed by atoms with Gasteiger partial charge in [-0.05, 0) is 49.1 Å². The van der Waals surface area contributed by atoms with Gasteiger partial charge in [0.05, 0.1) is 0 Å². The van der Waals surface area contributed by atoms with E-state index in [-0.39, 0.29) is 17.5 Å². The molecule has 1 amide bonds. The van der Waals surface area contributed by atoms with Gasteiger partial charge in [-0.3, -0.25) is 4.79 Å². The highest BCUT2D eigenvalue weighted by Crippen LogP contribution is 2.29. The number of carbonyl (C=O) groups excluding carboxylic acids is 1. The van der Waals surface area contributed by atoms with Gasteiger partial charge in [-0.15, -0.1) is 15.3 Å². The molecular formula is C20H21F3N6O. The quantitative estimate of drug-likeness (QED) is 0.701. The van der Waals surface area contributed by atoms with Gasteiger partial charge >= 0.3 is 6.18 Å². The lowest BCUT2D eigenvalue weighted by atomic mass is 9.95. The minimum atomic E-state index is -4.63. The van der Waals surface area contributed by atoms with Gasteiger partial charge in [0.1, 0.15) is 5.82 Å². The molecule has 0 aliphatic carbocycles. The van der Waals surface area contributed by atoms with Crippen LogP contribution in [0.15, 0.2) is 36.4 Å². The van der Waals surface area contributed by atoms with Crippen LogP contribution in [0.3, 0.4) is 0 Å². The van der Waals surface area contributed by atoms with Crippen molar-refractivity contribution in [2.45, 2.75) is 32.4 Å². The molecule has 0 spiro atoms. The maximum Gasteiger partial charge on any atom is 0.453 e. The zero-order valence-electron chi connectivity index (χ0n) is 16.4. The molecule has 0 radical (unpaired) electrons. The van der Waals surface area contributed by atoms with Crippen LogP contribution in [0.25, 0.3) is 5.65 Å². The van der Waals surface area contributed by atoms with Crippen molar-refractivity contribution in [1.29, 1.82) is 0 Å². The highest BCUT2D eigenvalue weighted by atomic mass is 19.4. The second-order valence-electron chi connectivity index (χ2n) is 7.29. The molecule has 1 aromatic carbocycles. The van der Waals surface area contributed by atoms with E-state index in [0.29, 0.717) is 31.7 Å². The SMILES string of the molecule is CCc1cccc(NC(=O)C2CCN(c3ccc4nnc(C(F)(F)F)n4n3)CC2)c1. The van der Waals surface area contributed by atoms with E-state index in [1.165, 1.54) is 6.07 Å². The minimum absolute atomic E-state index is 0.0367. The first-order valence-corrected chi connectivity index (χ1v) is 9.79. The number of benzene rings is 1. The van der Waals surface area contributed by atoms with E-state index in [2.05, 4.69) is 27.5 Å². The predicted octanol–water partition coefficient (Wildman–Crippen LogP) is 3.56. The van der Waals surface area contributed by atoms with Crippen LogP contribution in [0.1, 0.15) is 31.2 Å². The molecule has 10 heteroatoms. The monoisotopic (exact) mass is 418 g/mol. The largest absolute Gasteiger partial charge is 0.453 e. The van der Waals surface area contributed by atoms with Crippen molar-refractivity contribution in [3.8, 4) is 0 Å². The van der Waals surface area contributed by atoms with Crippen LogP contribution >= 0.6 is 0 Å². The molecule has 0 atom stereocenters. The summed E-state index contributed by atoms with van der Waals surface area (Å²) in [6.45, 7) is 3.10. The number of aromatic nitrogens is 4. The van der Waals surface area contributed by atoms with Crippen molar-refractivity contribution < 1.29 is 18.0 Å². The zero-order valence-corrected chi connectivity index (χ0v) is 16.4. The normalized spacial score (nSPS) is 15.5.